The summed E-state index contributed by atoms with van der Waals surface area (Å²) < 4.78 is 0. The van der Waals surface area contributed by atoms with Crippen molar-refractivity contribution in [1.29, 1.82) is 0 Å². The second kappa shape index (κ2) is 5.09. The summed E-state index contributed by atoms with van der Waals surface area (Å²) in [6.07, 6.45) is 1.61. The largest absolute Gasteiger partial charge is 0.323 e. The van der Waals surface area contributed by atoms with Crippen LogP contribution in [0.5, 0.6) is 0 Å². The first-order chi connectivity index (χ1) is 8.31. The number of carbonyl (C=O) groups is 1. The maximum absolute atomic E-state index is 11.9. The number of nitrogens with zero attached hydrogens (tertiary/aromatic N) is 1. The van der Waals surface area contributed by atoms with E-state index in [2.05, 4.69) is 15.7 Å². The van der Waals surface area contributed by atoms with E-state index >= 15 is 0 Å². The SMILES string of the molecule is NNc1ccccc1C(=O)Nc1ccccn1. The fraction of sp³-hybridized carbons (Fsp3) is 0. The highest BCUT2D eigenvalue weighted by Crippen LogP contribution is 2.15. The van der Waals surface area contributed by atoms with Crippen molar-refractivity contribution in [2.75, 3.05) is 10.7 Å². The Hall–Kier alpha value is -2.40. The van der Waals surface area contributed by atoms with Crippen LogP contribution in [0.3, 0.4) is 0 Å². The van der Waals surface area contributed by atoms with Crippen LogP contribution in [0.15, 0.2) is 48.7 Å². The van der Waals surface area contributed by atoms with E-state index in [4.69, 9.17) is 5.84 Å². The summed E-state index contributed by atoms with van der Waals surface area (Å²) in [5, 5.41) is 2.69. The van der Waals surface area contributed by atoms with E-state index in [1.54, 1.807) is 48.7 Å². The number of nitrogen functional groups attached to an aromatic ring is 1. The maximum Gasteiger partial charge on any atom is 0.258 e. The molecular weight excluding hydrogens is 216 g/mol. The van der Waals surface area contributed by atoms with Crippen LogP contribution in [0.4, 0.5) is 11.5 Å². The molecule has 1 aromatic heterocycles. The highest BCUT2D eigenvalue weighted by Gasteiger charge is 2.10. The Bertz CT molecular complexity index is 513. The molecule has 2 aromatic rings. The topological polar surface area (TPSA) is 80.0 Å². The van der Waals surface area contributed by atoms with E-state index in [9.17, 15) is 4.79 Å². The van der Waals surface area contributed by atoms with Gasteiger partial charge in [0, 0.05) is 6.20 Å². The number of hydrogen-bond acceptors (Lipinski definition) is 4. The normalized spacial score (nSPS) is 9.71. The van der Waals surface area contributed by atoms with Crippen molar-refractivity contribution in [2.24, 2.45) is 5.84 Å². The quantitative estimate of drug-likeness (QED) is 0.551. The number of amides is 1. The van der Waals surface area contributed by atoms with Gasteiger partial charge in [-0.25, -0.2) is 4.98 Å². The molecule has 1 aromatic carbocycles. The average molecular weight is 228 g/mol. The van der Waals surface area contributed by atoms with E-state index < -0.39 is 0 Å². The van der Waals surface area contributed by atoms with Crippen molar-refractivity contribution in [1.82, 2.24) is 4.98 Å². The Balaban J connectivity index is 2.20. The zero-order chi connectivity index (χ0) is 12.1. The molecule has 0 aliphatic carbocycles. The van der Waals surface area contributed by atoms with Gasteiger partial charge in [-0.2, -0.15) is 0 Å². The number of nitrogens with one attached hydrogen (secondary N) is 2. The lowest BCUT2D eigenvalue weighted by Crippen LogP contribution is -2.17. The van der Waals surface area contributed by atoms with E-state index in [0.29, 0.717) is 17.1 Å². The molecule has 0 aliphatic rings. The molecule has 0 saturated heterocycles. The van der Waals surface area contributed by atoms with Crippen LogP contribution in [0, 0.1) is 0 Å². The lowest BCUT2D eigenvalue weighted by molar-refractivity contribution is 0.102. The van der Waals surface area contributed by atoms with Crippen LogP contribution >= 0.6 is 0 Å². The number of hydrazine groups is 1. The van der Waals surface area contributed by atoms with Crippen molar-refractivity contribution in [3.63, 3.8) is 0 Å². The molecule has 86 valence electrons. The molecule has 0 fully saturated rings. The van der Waals surface area contributed by atoms with Crippen LogP contribution in [-0.4, -0.2) is 10.9 Å². The Morgan fingerprint density at radius 1 is 1.12 bits per heavy atom. The Labute approximate surface area is 98.6 Å². The van der Waals surface area contributed by atoms with Gasteiger partial charge in [-0.05, 0) is 24.3 Å². The molecule has 5 nitrogen and oxygen atoms in total. The minimum absolute atomic E-state index is 0.253. The van der Waals surface area contributed by atoms with Crippen molar-refractivity contribution in [2.45, 2.75) is 0 Å². The van der Waals surface area contributed by atoms with Gasteiger partial charge in [-0.15, -0.1) is 0 Å². The van der Waals surface area contributed by atoms with Gasteiger partial charge in [-0.1, -0.05) is 18.2 Å². The van der Waals surface area contributed by atoms with Crippen LogP contribution in [0.1, 0.15) is 10.4 Å². The fourth-order valence-electron chi connectivity index (χ4n) is 1.43. The molecule has 0 spiro atoms. The number of hydrogen-bond donors (Lipinski definition) is 3. The number of para-hydroxylation sites is 1. The van der Waals surface area contributed by atoms with Gasteiger partial charge in [0.2, 0.25) is 0 Å². The average Bonchev–Trinajstić information content (AvgIpc) is 2.40. The number of carbonyl (C=O) groups excluding carboxylic acids is 1. The van der Waals surface area contributed by atoms with Crippen molar-refractivity contribution >= 4 is 17.4 Å². The number of pyridine rings is 1. The fourth-order valence-corrected chi connectivity index (χ4v) is 1.43. The van der Waals surface area contributed by atoms with Gasteiger partial charge >= 0.3 is 0 Å². The van der Waals surface area contributed by atoms with Gasteiger partial charge in [0.15, 0.2) is 0 Å². The standard InChI is InChI=1S/C12H12N4O/c13-16-10-6-2-1-5-9(10)12(17)15-11-7-3-4-8-14-11/h1-8,16H,13H2,(H,14,15,17). The molecule has 1 amide bonds. The predicted molar refractivity (Wildman–Crippen MR) is 66.4 cm³/mol. The molecule has 0 aliphatic heterocycles. The molecule has 4 N–H and O–H groups in total. The van der Waals surface area contributed by atoms with Crippen LogP contribution in [0.25, 0.3) is 0 Å². The zero-order valence-electron chi connectivity index (χ0n) is 9.05. The highest BCUT2D eigenvalue weighted by molar-refractivity contribution is 6.07. The molecule has 17 heavy (non-hydrogen) atoms. The molecule has 0 atom stereocenters. The first kappa shape index (κ1) is 11.1. The summed E-state index contributed by atoms with van der Waals surface area (Å²) in [5.41, 5.74) is 3.52. The lowest BCUT2D eigenvalue weighted by atomic mass is 10.1. The number of nitrogens with two attached hydrogens (primary N) is 1. The number of rotatable bonds is 3. The van der Waals surface area contributed by atoms with Gasteiger partial charge < -0.3 is 10.7 Å². The Morgan fingerprint density at radius 3 is 2.59 bits per heavy atom. The minimum Gasteiger partial charge on any atom is -0.323 e. The van der Waals surface area contributed by atoms with Crippen molar-refractivity contribution in [3.8, 4) is 0 Å². The van der Waals surface area contributed by atoms with Gasteiger partial charge in [0.1, 0.15) is 5.82 Å². The van der Waals surface area contributed by atoms with E-state index in [1.165, 1.54) is 0 Å². The number of aromatic nitrogens is 1. The predicted octanol–water partition coefficient (Wildman–Crippen LogP) is 1.62. The zero-order valence-corrected chi connectivity index (χ0v) is 9.05. The first-order valence-electron chi connectivity index (χ1n) is 5.09. The summed E-state index contributed by atoms with van der Waals surface area (Å²) >= 11 is 0. The summed E-state index contributed by atoms with van der Waals surface area (Å²) in [6.45, 7) is 0. The third-order valence-electron chi connectivity index (χ3n) is 2.23. The highest BCUT2D eigenvalue weighted by atomic mass is 16.1. The summed E-state index contributed by atoms with van der Waals surface area (Å²) in [6, 6.07) is 12.3. The lowest BCUT2D eigenvalue weighted by Gasteiger charge is -2.08. The van der Waals surface area contributed by atoms with Gasteiger partial charge in [-0.3, -0.25) is 10.6 Å². The van der Waals surface area contributed by atoms with Crippen LogP contribution < -0.4 is 16.6 Å². The van der Waals surface area contributed by atoms with Crippen LogP contribution in [0.2, 0.25) is 0 Å². The number of benzene rings is 1. The molecule has 0 unspecified atom stereocenters. The summed E-state index contributed by atoms with van der Waals surface area (Å²) in [7, 11) is 0. The van der Waals surface area contributed by atoms with Gasteiger partial charge in [0.25, 0.3) is 5.91 Å². The molecule has 5 heteroatoms. The van der Waals surface area contributed by atoms with E-state index in [-0.39, 0.29) is 5.91 Å². The maximum atomic E-state index is 11.9. The Morgan fingerprint density at radius 2 is 1.88 bits per heavy atom. The number of anilines is 2. The summed E-state index contributed by atoms with van der Waals surface area (Å²) in [5.74, 6) is 5.59. The molecule has 2 rings (SSSR count). The Kier molecular flexibility index (Phi) is 3.32. The van der Waals surface area contributed by atoms with E-state index in [1.807, 2.05) is 0 Å². The van der Waals surface area contributed by atoms with Crippen molar-refractivity contribution < 1.29 is 4.79 Å². The second-order valence-corrected chi connectivity index (χ2v) is 3.36. The minimum atomic E-state index is -0.253. The second-order valence-electron chi connectivity index (χ2n) is 3.36. The first-order valence-corrected chi connectivity index (χ1v) is 5.09. The molecule has 0 saturated carbocycles. The third-order valence-corrected chi connectivity index (χ3v) is 2.23. The van der Waals surface area contributed by atoms with E-state index in [0.717, 1.165) is 0 Å². The molecular formula is C12H12N4O. The van der Waals surface area contributed by atoms with Crippen molar-refractivity contribution in [3.05, 3.63) is 54.2 Å². The third kappa shape index (κ3) is 2.59. The molecule has 1 heterocycles. The monoisotopic (exact) mass is 228 g/mol. The van der Waals surface area contributed by atoms with Crippen LogP contribution in [-0.2, 0) is 0 Å². The summed E-state index contributed by atoms with van der Waals surface area (Å²) in [4.78, 5) is 16.0. The molecule has 0 bridgehead atoms. The molecule has 0 radical (unpaired) electrons. The van der Waals surface area contributed by atoms with Gasteiger partial charge in [0.05, 0.1) is 11.3 Å². The smallest absolute Gasteiger partial charge is 0.258 e.